The quantitative estimate of drug-likeness (QED) is 0.558. The van der Waals surface area contributed by atoms with Gasteiger partial charge in [0.05, 0.1) is 15.7 Å². The largest absolute Gasteiger partial charge is 0.305 e. The first-order valence-electron chi connectivity index (χ1n) is 5.48. The second kappa shape index (κ2) is 5.44. The van der Waals surface area contributed by atoms with E-state index in [1.807, 2.05) is 14.1 Å². The minimum atomic E-state index is -0.278. The predicted molar refractivity (Wildman–Crippen MR) is 70.6 cm³/mol. The zero-order valence-electron chi connectivity index (χ0n) is 10.2. The fourth-order valence-corrected chi connectivity index (χ4v) is 4.32. The molecule has 2 N–H and O–H groups in total. The van der Waals surface area contributed by atoms with Gasteiger partial charge in [0.1, 0.15) is 0 Å². The summed E-state index contributed by atoms with van der Waals surface area (Å²) in [5, 5.41) is 8.54. The Balaban J connectivity index is 2.71. The number of nitrogens with one attached hydrogen (secondary N) is 2. The Morgan fingerprint density at radius 3 is 2.07 bits per heavy atom. The van der Waals surface area contributed by atoms with Crippen LogP contribution in [0.3, 0.4) is 0 Å². The molecule has 0 unspecified atom stereocenters. The number of rotatable bonds is 5. The summed E-state index contributed by atoms with van der Waals surface area (Å²) >= 11 is 0. The zero-order valence-corrected chi connectivity index (χ0v) is 11.6. The third-order valence-electron chi connectivity index (χ3n) is 2.86. The summed E-state index contributed by atoms with van der Waals surface area (Å²) in [6.45, 7) is 4.67. The molecule has 0 aliphatic rings. The van der Waals surface area contributed by atoms with E-state index in [-0.39, 0.29) is 9.52 Å². The molecule has 2 nitrogen and oxygen atoms in total. The van der Waals surface area contributed by atoms with E-state index in [9.17, 15) is 0 Å². The first-order valence-corrected chi connectivity index (χ1v) is 6.90. The van der Waals surface area contributed by atoms with Gasteiger partial charge < -0.3 is 10.6 Å². The summed E-state index contributed by atoms with van der Waals surface area (Å²) in [6.07, 6.45) is 0.393. The molecule has 0 spiro atoms. The van der Waals surface area contributed by atoms with Crippen molar-refractivity contribution in [2.75, 3.05) is 14.1 Å². The SMILES string of the molecule is CNC(NC)C(C)(C)[SiH2]c1ccccc1. The van der Waals surface area contributed by atoms with Crippen LogP contribution in [0.2, 0.25) is 5.04 Å². The van der Waals surface area contributed by atoms with Crippen LogP contribution in [0.25, 0.3) is 0 Å². The van der Waals surface area contributed by atoms with Gasteiger partial charge in [-0.1, -0.05) is 49.4 Å². The van der Waals surface area contributed by atoms with Crippen LogP contribution in [0, 0.1) is 0 Å². The summed E-state index contributed by atoms with van der Waals surface area (Å²) in [6, 6.07) is 10.8. The summed E-state index contributed by atoms with van der Waals surface area (Å²) in [5.41, 5.74) is 0. The van der Waals surface area contributed by atoms with E-state index in [1.165, 1.54) is 5.19 Å². The van der Waals surface area contributed by atoms with E-state index in [0.29, 0.717) is 11.2 Å². The molecule has 1 aromatic rings. The van der Waals surface area contributed by atoms with Gasteiger partial charge in [-0.3, -0.25) is 0 Å². The highest BCUT2D eigenvalue weighted by atomic mass is 28.2. The molecule has 0 atom stereocenters. The highest BCUT2D eigenvalue weighted by Gasteiger charge is 2.27. The van der Waals surface area contributed by atoms with Crippen molar-refractivity contribution in [2.24, 2.45) is 0 Å². The molecule has 0 saturated heterocycles. The van der Waals surface area contributed by atoms with E-state index in [1.54, 1.807) is 0 Å². The third kappa shape index (κ3) is 3.45. The topological polar surface area (TPSA) is 24.1 Å². The van der Waals surface area contributed by atoms with Gasteiger partial charge in [0, 0.05) is 0 Å². The lowest BCUT2D eigenvalue weighted by Gasteiger charge is -2.33. The van der Waals surface area contributed by atoms with E-state index >= 15 is 0 Å². The molecule has 3 heteroatoms. The highest BCUT2D eigenvalue weighted by molar-refractivity contribution is 6.56. The molecule has 0 heterocycles. The minimum absolute atomic E-state index is 0.278. The van der Waals surface area contributed by atoms with Gasteiger partial charge in [0.25, 0.3) is 0 Å². The van der Waals surface area contributed by atoms with Gasteiger partial charge in [0.15, 0.2) is 0 Å². The average molecular weight is 222 g/mol. The molecular formula is C12H22N2Si. The van der Waals surface area contributed by atoms with Gasteiger partial charge >= 0.3 is 0 Å². The monoisotopic (exact) mass is 222 g/mol. The van der Waals surface area contributed by atoms with Gasteiger partial charge in [-0.05, 0) is 19.1 Å². The van der Waals surface area contributed by atoms with Crippen LogP contribution in [0.1, 0.15) is 13.8 Å². The fourth-order valence-electron chi connectivity index (χ4n) is 2.15. The first-order chi connectivity index (χ1) is 7.10. The van der Waals surface area contributed by atoms with E-state index < -0.39 is 0 Å². The van der Waals surface area contributed by atoms with Crippen molar-refractivity contribution in [3.05, 3.63) is 30.3 Å². The average Bonchev–Trinajstić information content (AvgIpc) is 2.19. The van der Waals surface area contributed by atoms with Gasteiger partial charge in [0.2, 0.25) is 0 Å². The standard InChI is InChI=1S/C12H22N2Si/c1-12(2,11(13-3)14-4)15-10-8-6-5-7-9-10/h5-9,11,13-14H,15H2,1-4H3. The van der Waals surface area contributed by atoms with Crippen LogP contribution in [0.15, 0.2) is 30.3 Å². The molecule has 0 aromatic heterocycles. The van der Waals surface area contributed by atoms with Crippen molar-refractivity contribution in [3.8, 4) is 0 Å². The molecule has 0 saturated carbocycles. The molecular weight excluding hydrogens is 200 g/mol. The first kappa shape index (κ1) is 12.4. The van der Waals surface area contributed by atoms with Crippen LogP contribution in [-0.4, -0.2) is 29.8 Å². The molecule has 0 aliphatic heterocycles. The fraction of sp³-hybridized carbons (Fsp3) is 0.500. The molecule has 0 bridgehead atoms. The Kier molecular flexibility index (Phi) is 4.51. The Morgan fingerprint density at radius 1 is 1.07 bits per heavy atom. The molecule has 0 amide bonds. The number of hydrogen-bond acceptors (Lipinski definition) is 2. The minimum Gasteiger partial charge on any atom is -0.305 e. The molecule has 84 valence electrons. The maximum Gasteiger partial charge on any atom is 0.0637 e. The zero-order chi connectivity index (χ0) is 11.3. The predicted octanol–water partition coefficient (Wildman–Crippen LogP) is 0.444. The van der Waals surface area contributed by atoms with Crippen LogP contribution in [0.5, 0.6) is 0 Å². The normalized spacial score (nSPS) is 12.9. The van der Waals surface area contributed by atoms with Crippen LogP contribution < -0.4 is 15.8 Å². The lowest BCUT2D eigenvalue weighted by atomic mass is 10.1. The van der Waals surface area contributed by atoms with Gasteiger partial charge in [-0.25, -0.2) is 0 Å². The smallest absolute Gasteiger partial charge is 0.0637 e. The summed E-state index contributed by atoms with van der Waals surface area (Å²) in [4.78, 5) is 0. The van der Waals surface area contributed by atoms with Gasteiger partial charge in [-0.2, -0.15) is 0 Å². The third-order valence-corrected chi connectivity index (χ3v) is 5.06. The summed E-state index contributed by atoms with van der Waals surface area (Å²) in [7, 11) is 3.75. The summed E-state index contributed by atoms with van der Waals surface area (Å²) < 4.78 is 0. The molecule has 1 rings (SSSR count). The highest BCUT2D eigenvalue weighted by Crippen LogP contribution is 2.25. The number of benzene rings is 1. The second-order valence-electron chi connectivity index (χ2n) is 4.66. The Bertz CT molecular complexity index is 281. The van der Waals surface area contributed by atoms with E-state index in [0.717, 1.165) is 0 Å². The van der Waals surface area contributed by atoms with Crippen molar-refractivity contribution >= 4 is 14.7 Å². The summed E-state index contributed by atoms with van der Waals surface area (Å²) in [5.74, 6) is 0. The maximum absolute atomic E-state index is 3.34. The van der Waals surface area contributed by atoms with Crippen molar-refractivity contribution in [3.63, 3.8) is 0 Å². The number of hydrogen-bond donors (Lipinski definition) is 2. The van der Waals surface area contributed by atoms with E-state index in [2.05, 4.69) is 54.8 Å². The van der Waals surface area contributed by atoms with Crippen molar-refractivity contribution < 1.29 is 0 Å². The van der Waals surface area contributed by atoms with Crippen LogP contribution >= 0.6 is 0 Å². The molecule has 15 heavy (non-hydrogen) atoms. The lowest BCUT2D eigenvalue weighted by molar-refractivity contribution is 0.393. The Morgan fingerprint density at radius 2 is 1.60 bits per heavy atom. The van der Waals surface area contributed by atoms with Crippen LogP contribution in [0.4, 0.5) is 0 Å². The van der Waals surface area contributed by atoms with E-state index in [4.69, 9.17) is 0 Å². The van der Waals surface area contributed by atoms with Crippen LogP contribution in [-0.2, 0) is 0 Å². The van der Waals surface area contributed by atoms with Crippen molar-refractivity contribution in [1.29, 1.82) is 0 Å². The molecule has 0 aliphatic carbocycles. The van der Waals surface area contributed by atoms with Crippen molar-refractivity contribution in [1.82, 2.24) is 10.6 Å². The van der Waals surface area contributed by atoms with Crippen molar-refractivity contribution in [2.45, 2.75) is 25.1 Å². The lowest BCUT2D eigenvalue weighted by Crippen LogP contribution is -2.49. The Hall–Kier alpha value is -0.643. The molecule has 1 aromatic carbocycles. The molecule has 0 fully saturated rings. The maximum atomic E-state index is 3.34. The second-order valence-corrected chi connectivity index (χ2v) is 7.65. The Labute approximate surface area is 95.3 Å². The molecule has 0 radical (unpaired) electrons. The van der Waals surface area contributed by atoms with Gasteiger partial charge in [-0.15, -0.1) is 0 Å².